The predicted octanol–water partition coefficient (Wildman–Crippen LogP) is 4.85. The molecule has 1 unspecified atom stereocenters. The molecule has 106 valence electrons. The normalized spacial score (nSPS) is 12.4. The van der Waals surface area contributed by atoms with E-state index < -0.39 is 0 Å². The lowest BCUT2D eigenvalue weighted by molar-refractivity contribution is 0.576. The molecule has 2 aromatic carbocycles. The van der Waals surface area contributed by atoms with Crippen LogP contribution in [-0.4, -0.2) is 6.54 Å². The van der Waals surface area contributed by atoms with E-state index in [0.717, 1.165) is 18.0 Å². The molecule has 0 bridgehead atoms. The van der Waals surface area contributed by atoms with Gasteiger partial charge in [-0.05, 0) is 57.0 Å². The number of benzene rings is 2. The highest BCUT2D eigenvalue weighted by molar-refractivity contribution is 6.30. The number of halogens is 1. The Morgan fingerprint density at radius 3 is 2.20 bits per heavy atom. The second kappa shape index (κ2) is 6.92. The van der Waals surface area contributed by atoms with E-state index in [0.29, 0.717) is 6.04 Å². The number of rotatable bonds is 5. The zero-order valence-electron chi connectivity index (χ0n) is 12.4. The van der Waals surface area contributed by atoms with Crippen molar-refractivity contribution in [3.8, 4) is 0 Å². The van der Waals surface area contributed by atoms with Crippen LogP contribution in [-0.2, 0) is 6.42 Å². The maximum Gasteiger partial charge on any atom is 0.0406 e. The Labute approximate surface area is 127 Å². The lowest BCUT2D eigenvalue weighted by Gasteiger charge is -2.16. The van der Waals surface area contributed by atoms with E-state index in [2.05, 4.69) is 56.4 Å². The lowest BCUT2D eigenvalue weighted by Crippen LogP contribution is -2.21. The van der Waals surface area contributed by atoms with Gasteiger partial charge >= 0.3 is 0 Å². The molecule has 0 aliphatic rings. The second-order valence-electron chi connectivity index (χ2n) is 5.47. The third-order valence-electron chi connectivity index (χ3n) is 3.52. The van der Waals surface area contributed by atoms with Crippen molar-refractivity contribution in [2.24, 2.45) is 0 Å². The molecule has 0 aliphatic carbocycles. The number of hydrogen-bond donors (Lipinski definition) is 1. The van der Waals surface area contributed by atoms with Gasteiger partial charge in [-0.2, -0.15) is 0 Å². The maximum atomic E-state index is 5.89. The minimum absolute atomic E-state index is 0.376. The van der Waals surface area contributed by atoms with E-state index in [1.807, 2.05) is 12.1 Å². The Balaban J connectivity index is 1.88. The van der Waals surface area contributed by atoms with Crippen LogP contribution in [0.2, 0.25) is 5.02 Å². The minimum atomic E-state index is 0.376. The fourth-order valence-corrected chi connectivity index (χ4v) is 2.59. The van der Waals surface area contributed by atoms with Crippen LogP contribution in [0.5, 0.6) is 0 Å². The molecule has 20 heavy (non-hydrogen) atoms. The molecular weight excluding hydrogens is 266 g/mol. The smallest absolute Gasteiger partial charge is 0.0406 e. The summed E-state index contributed by atoms with van der Waals surface area (Å²) < 4.78 is 0. The summed E-state index contributed by atoms with van der Waals surface area (Å²) in [7, 11) is 0. The van der Waals surface area contributed by atoms with Gasteiger partial charge in [-0.1, -0.05) is 53.1 Å². The Morgan fingerprint density at radius 1 is 1.00 bits per heavy atom. The molecule has 0 radical (unpaired) electrons. The van der Waals surface area contributed by atoms with Gasteiger partial charge in [0.2, 0.25) is 0 Å². The quantitative estimate of drug-likeness (QED) is 0.829. The lowest BCUT2D eigenvalue weighted by atomic mass is 10.0. The summed E-state index contributed by atoms with van der Waals surface area (Å²) in [5, 5.41) is 4.38. The van der Waals surface area contributed by atoms with Crippen LogP contribution in [0.1, 0.15) is 35.2 Å². The molecule has 0 fully saturated rings. The van der Waals surface area contributed by atoms with Crippen molar-refractivity contribution in [1.82, 2.24) is 5.32 Å². The van der Waals surface area contributed by atoms with Gasteiger partial charge in [0.15, 0.2) is 0 Å². The number of hydrogen-bond acceptors (Lipinski definition) is 1. The van der Waals surface area contributed by atoms with Crippen LogP contribution < -0.4 is 5.32 Å². The summed E-state index contributed by atoms with van der Waals surface area (Å²) >= 11 is 5.89. The molecule has 0 saturated heterocycles. The topological polar surface area (TPSA) is 12.0 Å². The summed E-state index contributed by atoms with van der Waals surface area (Å²) in [6.45, 7) is 7.49. The van der Waals surface area contributed by atoms with E-state index in [1.54, 1.807) is 0 Å². The Hall–Kier alpha value is -1.31. The molecule has 2 aromatic rings. The van der Waals surface area contributed by atoms with Crippen molar-refractivity contribution >= 4 is 11.6 Å². The van der Waals surface area contributed by atoms with Crippen LogP contribution in [0.3, 0.4) is 0 Å². The average molecular weight is 288 g/mol. The van der Waals surface area contributed by atoms with Gasteiger partial charge in [-0.3, -0.25) is 0 Å². The van der Waals surface area contributed by atoms with Crippen LogP contribution in [0.25, 0.3) is 0 Å². The zero-order chi connectivity index (χ0) is 14.5. The molecule has 0 heterocycles. The van der Waals surface area contributed by atoms with Gasteiger partial charge < -0.3 is 5.32 Å². The van der Waals surface area contributed by atoms with Crippen LogP contribution >= 0.6 is 11.6 Å². The van der Waals surface area contributed by atoms with E-state index >= 15 is 0 Å². The highest BCUT2D eigenvalue weighted by atomic mass is 35.5. The van der Waals surface area contributed by atoms with Crippen molar-refractivity contribution in [3.63, 3.8) is 0 Å². The first kappa shape index (κ1) is 15.1. The third-order valence-corrected chi connectivity index (χ3v) is 3.77. The highest BCUT2D eigenvalue weighted by Crippen LogP contribution is 2.16. The van der Waals surface area contributed by atoms with Crippen molar-refractivity contribution in [1.29, 1.82) is 0 Å². The average Bonchev–Trinajstić information content (AvgIpc) is 2.40. The summed E-state index contributed by atoms with van der Waals surface area (Å²) in [6.07, 6.45) is 1.02. The van der Waals surface area contributed by atoms with Crippen molar-refractivity contribution < 1.29 is 0 Å². The molecule has 0 amide bonds. The fourth-order valence-electron chi connectivity index (χ4n) is 2.46. The van der Waals surface area contributed by atoms with E-state index in [-0.39, 0.29) is 0 Å². The van der Waals surface area contributed by atoms with Crippen LogP contribution in [0.15, 0.2) is 42.5 Å². The SMILES string of the molecule is Cc1cc(C)cc(C(C)NCCc2ccc(Cl)cc2)c1. The molecule has 0 spiro atoms. The van der Waals surface area contributed by atoms with Gasteiger partial charge in [0.1, 0.15) is 0 Å². The van der Waals surface area contributed by atoms with Crippen molar-refractivity contribution in [3.05, 3.63) is 69.7 Å². The molecule has 1 atom stereocenters. The van der Waals surface area contributed by atoms with E-state index in [4.69, 9.17) is 11.6 Å². The van der Waals surface area contributed by atoms with Gasteiger partial charge in [-0.25, -0.2) is 0 Å². The summed E-state index contributed by atoms with van der Waals surface area (Å²) in [5.74, 6) is 0. The molecular formula is C18H22ClN. The number of aryl methyl sites for hydroxylation is 2. The largest absolute Gasteiger partial charge is 0.310 e. The molecule has 1 N–H and O–H groups in total. The standard InChI is InChI=1S/C18H22ClN/c1-13-10-14(2)12-17(11-13)15(3)20-9-8-16-4-6-18(19)7-5-16/h4-7,10-12,15,20H,8-9H2,1-3H3. The van der Waals surface area contributed by atoms with Gasteiger partial charge in [-0.15, -0.1) is 0 Å². The van der Waals surface area contributed by atoms with Crippen molar-refractivity contribution in [2.75, 3.05) is 6.54 Å². The summed E-state index contributed by atoms with van der Waals surface area (Å²) in [6, 6.07) is 15.2. The van der Waals surface area contributed by atoms with Gasteiger partial charge in [0.05, 0.1) is 0 Å². The van der Waals surface area contributed by atoms with E-state index in [9.17, 15) is 0 Å². The summed E-state index contributed by atoms with van der Waals surface area (Å²) in [4.78, 5) is 0. The molecule has 1 nitrogen and oxygen atoms in total. The molecule has 0 saturated carbocycles. The molecule has 2 heteroatoms. The molecule has 2 rings (SSSR count). The minimum Gasteiger partial charge on any atom is -0.310 e. The number of nitrogens with one attached hydrogen (secondary N) is 1. The Morgan fingerprint density at radius 2 is 1.60 bits per heavy atom. The zero-order valence-corrected chi connectivity index (χ0v) is 13.2. The molecule has 0 aromatic heterocycles. The molecule has 0 aliphatic heterocycles. The van der Waals surface area contributed by atoms with Gasteiger partial charge in [0.25, 0.3) is 0 Å². The predicted molar refractivity (Wildman–Crippen MR) is 87.5 cm³/mol. The van der Waals surface area contributed by atoms with Gasteiger partial charge in [0, 0.05) is 11.1 Å². The monoisotopic (exact) mass is 287 g/mol. The highest BCUT2D eigenvalue weighted by Gasteiger charge is 2.05. The van der Waals surface area contributed by atoms with E-state index in [1.165, 1.54) is 22.3 Å². The van der Waals surface area contributed by atoms with Crippen LogP contribution in [0, 0.1) is 13.8 Å². The fraction of sp³-hybridized carbons (Fsp3) is 0.333. The first-order chi connectivity index (χ1) is 9.54. The van der Waals surface area contributed by atoms with Crippen LogP contribution in [0.4, 0.5) is 0 Å². The van der Waals surface area contributed by atoms with Crippen molar-refractivity contribution in [2.45, 2.75) is 33.2 Å². The Bertz CT molecular complexity index is 540. The first-order valence-corrected chi connectivity index (χ1v) is 7.48. The second-order valence-corrected chi connectivity index (χ2v) is 5.91. The Kier molecular flexibility index (Phi) is 5.22. The third kappa shape index (κ3) is 4.36. The first-order valence-electron chi connectivity index (χ1n) is 7.10. The maximum absolute atomic E-state index is 5.89. The summed E-state index contributed by atoms with van der Waals surface area (Å²) in [5.41, 5.74) is 5.32.